The van der Waals surface area contributed by atoms with Crippen LogP contribution in [-0.4, -0.2) is 32.4 Å². The summed E-state index contributed by atoms with van der Waals surface area (Å²) in [5.74, 6) is -0.517. The molecule has 3 aromatic rings. The minimum atomic E-state index is -3.97. The van der Waals surface area contributed by atoms with Crippen LogP contribution in [0.2, 0.25) is 0 Å². The Morgan fingerprint density at radius 1 is 0.970 bits per heavy atom. The highest BCUT2D eigenvalue weighted by Crippen LogP contribution is 2.34. The molecule has 172 valence electrons. The van der Waals surface area contributed by atoms with Gasteiger partial charge in [-0.1, -0.05) is 36.4 Å². The van der Waals surface area contributed by atoms with Gasteiger partial charge >= 0.3 is 6.03 Å². The molecule has 0 bridgehead atoms. The van der Waals surface area contributed by atoms with E-state index in [1.165, 1.54) is 12.1 Å². The van der Waals surface area contributed by atoms with E-state index in [9.17, 15) is 17.6 Å². The molecule has 0 aliphatic carbocycles. The minimum absolute atomic E-state index is 0.0550. The Hall–Kier alpha value is -3.39. The summed E-state index contributed by atoms with van der Waals surface area (Å²) in [6, 6.07) is 19.4. The molecule has 1 aliphatic heterocycles. The fourth-order valence-corrected chi connectivity index (χ4v) is 5.09. The van der Waals surface area contributed by atoms with Gasteiger partial charge in [0.05, 0.1) is 22.3 Å². The second-order valence-corrected chi connectivity index (χ2v) is 9.83. The summed E-state index contributed by atoms with van der Waals surface area (Å²) in [4.78, 5) is 16.8. The number of sulfonamides is 1. The number of hydrogen-bond acceptors (Lipinski definition) is 3. The molecule has 1 atom stereocenters. The average Bonchev–Trinajstić information content (AvgIpc) is 2.80. The highest BCUT2D eigenvalue weighted by molar-refractivity contribution is 7.92. The van der Waals surface area contributed by atoms with E-state index in [1.807, 2.05) is 50.2 Å². The largest absolute Gasteiger partial charge is 0.325 e. The van der Waals surface area contributed by atoms with Crippen LogP contribution in [0.3, 0.4) is 0 Å². The van der Waals surface area contributed by atoms with Crippen LogP contribution >= 0.6 is 0 Å². The van der Waals surface area contributed by atoms with Crippen LogP contribution in [0, 0.1) is 12.7 Å². The van der Waals surface area contributed by atoms with Crippen LogP contribution in [0.5, 0.6) is 0 Å². The number of aryl methyl sites for hydroxylation is 1. The number of nitrogens with zero attached hydrogens (tertiary/aromatic N) is 2. The van der Waals surface area contributed by atoms with Crippen molar-refractivity contribution in [2.45, 2.75) is 31.2 Å². The lowest BCUT2D eigenvalue weighted by Crippen LogP contribution is -2.50. The summed E-state index contributed by atoms with van der Waals surface area (Å²) < 4.78 is 41.8. The van der Waals surface area contributed by atoms with Gasteiger partial charge in [-0.05, 0) is 67.8 Å². The predicted octanol–water partition coefficient (Wildman–Crippen LogP) is 5.33. The molecule has 3 aromatic carbocycles. The Balaban J connectivity index is 1.65. The Kier molecular flexibility index (Phi) is 6.37. The van der Waals surface area contributed by atoms with Gasteiger partial charge in [-0.15, -0.1) is 0 Å². The van der Waals surface area contributed by atoms with Crippen molar-refractivity contribution in [1.82, 2.24) is 4.90 Å². The zero-order chi connectivity index (χ0) is 23.6. The Labute approximate surface area is 193 Å². The van der Waals surface area contributed by atoms with E-state index >= 15 is 0 Å². The lowest BCUT2D eigenvalue weighted by Gasteiger charge is -2.39. The fourth-order valence-electron chi connectivity index (χ4n) is 4.02. The normalized spacial score (nSPS) is 15.4. The van der Waals surface area contributed by atoms with Gasteiger partial charge < -0.3 is 4.90 Å². The van der Waals surface area contributed by atoms with E-state index < -0.39 is 15.8 Å². The molecule has 0 spiro atoms. The number of nitrogens with one attached hydrogen (secondary N) is 1. The first kappa shape index (κ1) is 22.8. The molecule has 8 heteroatoms. The summed E-state index contributed by atoms with van der Waals surface area (Å²) in [6.07, 6.45) is 0.751. The molecular weight excluding hydrogens is 441 g/mol. The number of amides is 2. The van der Waals surface area contributed by atoms with E-state index in [-0.39, 0.29) is 17.0 Å². The molecule has 1 N–H and O–H groups in total. The molecule has 33 heavy (non-hydrogen) atoms. The van der Waals surface area contributed by atoms with Gasteiger partial charge in [0.25, 0.3) is 10.0 Å². The summed E-state index contributed by atoms with van der Waals surface area (Å²) >= 11 is 0. The quantitative estimate of drug-likeness (QED) is 0.533. The molecule has 1 aliphatic rings. The molecule has 0 saturated carbocycles. The van der Waals surface area contributed by atoms with Crippen LogP contribution in [0.4, 0.5) is 20.6 Å². The van der Waals surface area contributed by atoms with Gasteiger partial charge in [0, 0.05) is 13.1 Å². The van der Waals surface area contributed by atoms with Gasteiger partial charge in [-0.25, -0.2) is 17.6 Å². The lowest BCUT2D eigenvalue weighted by molar-refractivity contribution is 0.175. The fraction of sp³-hybridized carbons (Fsp3) is 0.240. The number of urea groups is 1. The first-order valence-electron chi connectivity index (χ1n) is 10.8. The zero-order valence-electron chi connectivity index (χ0n) is 18.5. The third-order valence-electron chi connectivity index (χ3n) is 5.82. The third kappa shape index (κ3) is 4.85. The molecule has 4 rings (SSSR count). The number of hydrogen-bond donors (Lipinski definition) is 1. The maximum atomic E-state index is 13.5. The van der Waals surface area contributed by atoms with Crippen molar-refractivity contribution < 1.29 is 17.6 Å². The van der Waals surface area contributed by atoms with Crippen LogP contribution in [0.1, 0.15) is 30.5 Å². The van der Waals surface area contributed by atoms with E-state index in [0.29, 0.717) is 24.5 Å². The van der Waals surface area contributed by atoms with Gasteiger partial charge in [0.15, 0.2) is 0 Å². The highest BCUT2D eigenvalue weighted by atomic mass is 32.2. The molecule has 1 saturated heterocycles. The SMILES string of the molecule is Cc1ccc(N2CCCN(C(C)c3ccccc3)C2=O)c(NS(=O)(=O)c2ccc(F)cc2)c1. The van der Waals surface area contributed by atoms with Crippen molar-refractivity contribution in [2.75, 3.05) is 22.7 Å². The molecule has 6 nitrogen and oxygen atoms in total. The molecule has 2 amide bonds. The van der Waals surface area contributed by atoms with Crippen molar-refractivity contribution in [1.29, 1.82) is 0 Å². The van der Waals surface area contributed by atoms with E-state index in [0.717, 1.165) is 29.7 Å². The van der Waals surface area contributed by atoms with Crippen LogP contribution in [0.25, 0.3) is 0 Å². The first-order chi connectivity index (χ1) is 15.8. The zero-order valence-corrected chi connectivity index (χ0v) is 19.3. The van der Waals surface area contributed by atoms with E-state index in [2.05, 4.69) is 4.72 Å². The maximum Gasteiger partial charge on any atom is 0.325 e. The monoisotopic (exact) mass is 467 g/mol. The minimum Gasteiger partial charge on any atom is -0.318 e. The average molecular weight is 468 g/mol. The number of carbonyl (C=O) groups is 1. The van der Waals surface area contributed by atoms with Crippen LogP contribution < -0.4 is 9.62 Å². The smallest absolute Gasteiger partial charge is 0.318 e. The second kappa shape index (κ2) is 9.23. The Morgan fingerprint density at radius 3 is 2.36 bits per heavy atom. The molecule has 0 radical (unpaired) electrons. The van der Waals surface area contributed by atoms with Gasteiger partial charge in [0.2, 0.25) is 0 Å². The second-order valence-electron chi connectivity index (χ2n) is 8.15. The number of anilines is 2. The Morgan fingerprint density at radius 2 is 1.67 bits per heavy atom. The molecule has 0 aromatic heterocycles. The topological polar surface area (TPSA) is 69.7 Å². The molecule has 1 heterocycles. The predicted molar refractivity (Wildman–Crippen MR) is 127 cm³/mol. The number of rotatable bonds is 6. The van der Waals surface area contributed by atoms with Gasteiger partial charge in [0.1, 0.15) is 5.82 Å². The summed E-state index contributed by atoms with van der Waals surface area (Å²) in [6.45, 7) is 4.93. The van der Waals surface area contributed by atoms with Gasteiger partial charge in [-0.2, -0.15) is 0 Å². The first-order valence-corrected chi connectivity index (χ1v) is 12.3. The number of benzene rings is 3. The Bertz CT molecular complexity index is 1250. The number of carbonyl (C=O) groups excluding carboxylic acids is 1. The van der Waals surface area contributed by atoms with Gasteiger partial charge in [-0.3, -0.25) is 9.62 Å². The summed E-state index contributed by atoms with van der Waals surface area (Å²) in [7, 11) is -3.97. The van der Waals surface area contributed by atoms with Crippen LogP contribution in [-0.2, 0) is 10.0 Å². The lowest BCUT2D eigenvalue weighted by atomic mass is 10.1. The molecular formula is C25H26FN3O3S. The van der Waals surface area contributed by atoms with Crippen molar-refractivity contribution in [3.05, 3.63) is 89.7 Å². The van der Waals surface area contributed by atoms with Crippen LogP contribution in [0.15, 0.2) is 77.7 Å². The van der Waals surface area contributed by atoms with Crippen molar-refractivity contribution in [3.8, 4) is 0 Å². The van der Waals surface area contributed by atoms with E-state index in [1.54, 1.807) is 21.9 Å². The molecule has 1 unspecified atom stereocenters. The summed E-state index contributed by atoms with van der Waals surface area (Å²) in [5, 5.41) is 0. The van der Waals surface area contributed by atoms with Crippen molar-refractivity contribution >= 4 is 27.4 Å². The number of halogens is 1. The molecule has 1 fully saturated rings. The third-order valence-corrected chi connectivity index (χ3v) is 7.20. The van der Waals surface area contributed by atoms with Crippen molar-refractivity contribution in [3.63, 3.8) is 0 Å². The summed E-state index contributed by atoms with van der Waals surface area (Å²) in [5.41, 5.74) is 2.67. The maximum absolute atomic E-state index is 13.5. The standard InChI is InChI=1S/C25H26FN3O3S/c1-18-9-14-24(23(17-18)27-33(31,32)22-12-10-21(26)11-13-22)29-16-6-15-28(25(29)30)19(2)20-7-4-3-5-8-20/h3-5,7-14,17,19,27H,6,15-16H2,1-2H3. The van der Waals surface area contributed by atoms with E-state index in [4.69, 9.17) is 0 Å². The van der Waals surface area contributed by atoms with Crippen molar-refractivity contribution in [2.24, 2.45) is 0 Å². The highest BCUT2D eigenvalue weighted by Gasteiger charge is 2.32.